The Bertz CT molecular complexity index is 1430. The summed E-state index contributed by atoms with van der Waals surface area (Å²) in [6, 6.07) is 26.0. The van der Waals surface area contributed by atoms with Gasteiger partial charge in [0.15, 0.2) is 0 Å². The summed E-state index contributed by atoms with van der Waals surface area (Å²) < 4.78 is 40.3. The number of halogens is 3. The van der Waals surface area contributed by atoms with Crippen molar-refractivity contribution in [1.82, 2.24) is 14.8 Å². The van der Waals surface area contributed by atoms with E-state index in [1.54, 1.807) is 0 Å². The first kappa shape index (κ1) is 26.7. The van der Waals surface area contributed by atoms with Gasteiger partial charge in [0.1, 0.15) is 11.3 Å². The van der Waals surface area contributed by atoms with Gasteiger partial charge in [-0.25, -0.2) is 4.79 Å². The van der Waals surface area contributed by atoms with E-state index in [1.165, 1.54) is 0 Å². The molecule has 0 saturated carbocycles. The Kier molecular flexibility index (Phi) is 8.02. The summed E-state index contributed by atoms with van der Waals surface area (Å²) >= 11 is 0. The first-order valence-electron chi connectivity index (χ1n) is 11.9. The number of ether oxygens (including phenoxy) is 1. The molecule has 0 spiro atoms. The molecule has 2 heterocycles. The van der Waals surface area contributed by atoms with E-state index in [1.807, 2.05) is 90.7 Å². The smallest absolute Gasteiger partial charge is 0.475 e. The fourth-order valence-electron chi connectivity index (χ4n) is 4.15. The predicted molar refractivity (Wildman–Crippen MR) is 137 cm³/mol. The zero-order chi connectivity index (χ0) is 27.3. The van der Waals surface area contributed by atoms with Gasteiger partial charge in [0.25, 0.3) is 5.91 Å². The zero-order valence-electron chi connectivity index (χ0n) is 20.5. The summed E-state index contributed by atoms with van der Waals surface area (Å²) in [6.45, 7) is 5.00. The number of hydrogen-bond acceptors (Lipinski definition) is 4. The van der Waals surface area contributed by atoms with Crippen molar-refractivity contribution in [3.63, 3.8) is 0 Å². The average Bonchev–Trinajstić information content (AvgIpc) is 3.24. The maximum Gasteiger partial charge on any atom is 0.490 e. The number of nitrogens with one attached hydrogen (secondary N) is 1. The van der Waals surface area contributed by atoms with Crippen molar-refractivity contribution in [2.24, 2.45) is 0 Å². The fraction of sp³-hybridized carbons (Fsp3) is 0.214. The van der Waals surface area contributed by atoms with Crippen LogP contribution >= 0.6 is 0 Å². The number of benzene rings is 3. The van der Waals surface area contributed by atoms with Crippen molar-refractivity contribution in [3.8, 4) is 17.3 Å². The molecule has 10 heteroatoms. The number of carbonyl (C=O) groups is 2. The van der Waals surface area contributed by atoms with E-state index in [-0.39, 0.29) is 5.91 Å². The molecule has 1 fully saturated rings. The SMILES string of the molecule is Cc1ccccc1Oc1c(C(=O)N2CCNCC2)c2ccccc2n1-c1ccccc1.O=C(O)C(F)(F)F. The number of piperazine rings is 1. The van der Waals surface area contributed by atoms with Crippen molar-refractivity contribution in [3.05, 3.63) is 90.0 Å². The number of hydrogen-bond donors (Lipinski definition) is 2. The number of carboxylic acid groups (broad SMARTS) is 1. The van der Waals surface area contributed by atoms with Gasteiger partial charge in [0.05, 0.1) is 5.52 Å². The molecule has 0 bridgehead atoms. The highest BCUT2D eigenvalue weighted by Crippen LogP contribution is 2.39. The number of aryl methyl sites for hydroxylation is 1. The van der Waals surface area contributed by atoms with E-state index in [2.05, 4.69) is 9.88 Å². The Morgan fingerprint density at radius 1 is 0.895 bits per heavy atom. The standard InChI is InChI=1S/C26H25N3O2.C2HF3O2/c1-19-9-5-8-14-23(19)31-26-24(25(30)28-17-15-27-16-18-28)21-12-6-7-13-22(21)29(26)20-10-3-2-4-11-20;3-2(4,5)1(6)7/h2-14,27H,15-18H2,1H3;(H,6,7). The molecule has 1 amide bonds. The molecule has 0 aliphatic carbocycles. The minimum Gasteiger partial charge on any atom is -0.475 e. The molecular formula is C28H26F3N3O4. The molecule has 198 valence electrons. The summed E-state index contributed by atoms with van der Waals surface area (Å²) in [5.41, 5.74) is 3.55. The van der Waals surface area contributed by atoms with E-state index in [0.717, 1.165) is 41.0 Å². The van der Waals surface area contributed by atoms with Crippen LogP contribution in [0, 0.1) is 6.92 Å². The number of fused-ring (bicyclic) bond motifs is 1. The second kappa shape index (κ2) is 11.4. The number of carbonyl (C=O) groups excluding carboxylic acids is 1. The third kappa shape index (κ3) is 5.81. The third-order valence-corrected chi connectivity index (χ3v) is 6.01. The minimum absolute atomic E-state index is 0.0102. The van der Waals surface area contributed by atoms with Crippen LogP contribution in [0.3, 0.4) is 0 Å². The molecule has 1 saturated heterocycles. The fourth-order valence-corrected chi connectivity index (χ4v) is 4.15. The lowest BCUT2D eigenvalue weighted by molar-refractivity contribution is -0.192. The molecular weight excluding hydrogens is 499 g/mol. The average molecular weight is 526 g/mol. The lowest BCUT2D eigenvalue weighted by atomic mass is 10.1. The van der Waals surface area contributed by atoms with Gasteiger partial charge >= 0.3 is 12.1 Å². The van der Waals surface area contributed by atoms with Crippen LogP contribution in [-0.2, 0) is 4.79 Å². The summed E-state index contributed by atoms with van der Waals surface area (Å²) in [5.74, 6) is -1.44. The summed E-state index contributed by atoms with van der Waals surface area (Å²) in [7, 11) is 0. The van der Waals surface area contributed by atoms with Crippen LogP contribution < -0.4 is 10.1 Å². The zero-order valence-corrected chi connectivity index (χ0v) is 20.5. The quantitative estimate of drug-likeness (QED) is 0.372. The van der Waals surface area contributed by atoms with Gasteiger partial charge < -0.3 is 20.1 Å². The number of carboxylic acids is 1. The van der Waals surface area contributed by atoms with E-state index < -0.39 is 12.1 Å². The molecule has 3 aromatic carbocycles. The van der Waals surface area contributed by atoms with Crippen LogP contribution in [0.25, 0.3) is 16.6 Å². The number of nitrogens with zero attached hydrogens (tertiary/aromatic N) is 2. The van der Waals surface area contributed by atoms with Gasteiger partial charge in [-0.2, -0.15) is 13.2 Å². The van der Waals surface area contributed by atoms with E-state index in [9.17, 15) is 18.0 Å². The highest BCUT2D eigenvalue weighted by molar-refractivity contribution is 6.10. The van der Waals surface area contributed by atoms with Crippen molar-refractivity contribution >= 4 is 22.8 Å². The van der Waals surface area contributed by atoms with Crippen LogP contribution in [0.15, 0.2) is 78.9 Å². The highest BCUT2D eigenvalue weighted by atomic mass is 19.4. The Morgan fingerprint density at radius 2 is 1.47 bits per heavy atom. The number of aliphatic carboxylic acids is 1. The molecule has 38 heavy (non-hydrogen) atoms. The number of amides is 1. The van der Waals surface area contributed by atoms with Crippen LogP contribution in [-0.4, -0.2) is 58.8 Å². The maximum absolute atomic E-state index is 13.8. The molecule has 0 atom stereocenters. The van der Waals surface area contributed by atoms with Crippen LogP contribution in [0.1, 0.15) is 15.9 Å². The summed E-state index contributed by atoms with van der Waals surface area (Å²) in [5, 5.41) is 11.3. The molecule has 1 aliphatic rings. The van der Waals surface area contributed by atoms with Gasteiger partial charge in [0.2, 0.25) is 5.88 Å². The van der Waals surface area contributed by atoms with Crippen molar-refractivity contribution in [2.75, 3.05) is 26.2 Å². The van der Waals surface area contributed by atoms with Crippen LogP contribution in [0.4, 0.5) is 13.2 Å². The monoisotopic (exact) mass is 525 g/mol. The summed E-state index contributed by atoms with van der Waals surface area (Å²) in [6.07, 6.45) is -5.08. The van der Waals surface area contributed by atoms with E-state index >= 15 is 0 Å². The number of alkyl halides is 3. The second-order valence-electron chi connectivity index (χ2n) is 8.58. The molecule has 5 rings (SSSR count). The molecule has 7 nitrogen and oxygen atoms in total. The Hall–Kier alpha value is -4.31. The van der Waals surface area contributed by atoms with E-state index in [0.29, 0.717) is 24.5 Å². The Labute approximate surface area is 217 Å². The van der Waals surface area contributed by atoms with Crippen molar-refractivity contribution < 1.29 is 32.6 Å². The highest BCUT2D eigenvalue weighted by Gasteiger charge is 2.38. The molecule has 1 aliphatic heterocycles. The predicted octanol–water partition coefficient (Wildman–Crippen LogP) is 5.41. The number of aromatic nitrogens is 1. The number of para-hydroxylation sites is 3. The third-order valence-electron chi connectivity index (χ3n) is 6.01. The first-order valence-corrected chi connectivity index (χ1v) is 11.9. The molecule has 0 radical (unpaired) electrons. The first-order chi connectivity index (χ1) is 18.2. The topological polar surface area (TPSA) is 83.8 Å². The lowest BCUT2D eigenvalue weighted by Crippen LogP contribution is -2.46. The Balaban J connectivity index is 0.000000426. The van der Waals surface area contributed by atoms with E-state index in [4.69, 9.17) is 14.6 Å². The molecule has 2 N–H and O–H groups in total. The molecule has 4 aromatic rings. The Morgan fingerprint density at radius 3 is 2.11 bits per heavy atom. The summed E-state index contributed by atoms with van der Waals surface area (Å²) in [4.78, 5) is 24.6. The van der Waals surface area contributed by atoms with Gasteiger partial charge in [-0.15, -0.1) is 0 Å². The van der Waals surface area contributed by atoms with Crippen molar-refractivity contribution in [2.45, 2.75) is 13.1 Å². The molecule has 1 aromatic heterocycles. The molecule has 0 unspecified atom stereocenters. The second-order valence-corrected chi connectivity index (χ2v) is 8.58. The largest absolute Gasteiger partial charge is 0.490 e. The van der Waals surface area contributed by atoms with Crippen LogP contribution in [0.2, 0.25) is 0 Å². The maximum atomic E-state index is 13.8. The van der Waals surface area contributed by atoms with Gasteiger partial charge in [-0.1, -0.05) is 54.6 Å². The van der Waals surface area contributed by atoms with Crippen molar-refractivity contribution in [1.29, 1.82) is 0 Å². The van der Waals surface area contributed by atoms with Gasteiger partial charge in [0, 0.05) is 37.3 Å². The normalized spacial score (nSPS) is 13.5. The minimum atomic E-state index is -5.08. The van der Waals surface area contributed by atoms with Crippen LogP contribution in [0.5, 0.6) is 11.6 Å². The lowest BCUT2D eigenvalue weighted by Gasteiger charge is -2.27. The van der Waals surface area contributed by atoms with Gasteiger partial charge in [-0.3, -0.25) is 9.36 Å². The number of rotatable bonds is 4. The van der Waals surface area contributed by atoms with Gasteiger partial charge in [-0.05, 0) is 36.8 Å².